The largest absolute Gasteiger partial charge is 0.445 e. The Morgan fingerprint density at radius 3 is 2.10 bits per heavy atom. The summed E-state index contributed by atoms with van der Waals surface area (Å²) < 4.78 is 18.7. The van der Waals surface area contributed by atoms with Crippen LogP contribution < -0.4 is 11.1 Å². The van der Waals surface area contributed by atoms with Gasteiger partial charge >= 0.3 is 17.1 Å². The normalized spacial score (nSPS) is 17.7. The molecule has 0 bridgehead atoms. The first-order chi connectivity index (χ1) is 9.43. The van der Waals surface area contributed by atoms with Crippen LogP contribution in [0.25, 0.3) is 0 Å². The Morgan fingerprint density at radius 2 is 1.67 bits per heavy atom. The molecule has 0 saturated heterocycles. The van der Waals surface area contributed by atoms with Crippen molar-refractivity contribution in [3.8, 4) is 0 Å². The molecule has 0 aliphatic heterocycles. The zero-order valence-corrected chi connectivity index (χ0v) is 20.2. The highest BCUT2D eigenvalue weighted by atomic mass is 28.5. The Kier molecular flexibility index (Phi) is 9.37. The first kappa shape index (κ1) is 21.7. The fourth-order valence-corrected chi connectivity index (χ4v) is 15.5. The number of nitrogens with one attached hydrogen (secondary N) is 1. The van der Waals surface area contributed by atoms with Crippen LogP contribution in [-0.2, 0) is 12.3 Å². The summed E-state index contributed by atoms with van der Waals surface area (Å²) in [7, 11) is -5.17. The van der Waals surface area contributed by atoms with Gasteiger partial charge in [-0.1, -0.05) is 6.92 Å². The second-order valence-corrected chi connectivity index (χ2v) is 20.3. The molecule has 0 fully saturated rings. The zero-order chi connectivity index (χ0) is 16.7. The van der Waals surface area contributed by atoms with E-state index in [1.54, 1.807) is 0 Å². The van der Waals surface area contributed by atoms with Gasteiger partial charge in [0.05, 0.1) is 0 Å². The van der Waals surface area contributed by atoms with E-state index in [1.165, 1.54) is 0 Å². The van der Waals surface area contributed by atoms with Crippen LogP contribution in [0.1, 0.15) is 6.92 Å². The molecule has 0 aromatic carbocycles. The van der Waals surface area contributed by atoms with Crippen LogP contribution in [0.15, 0.2) is 0 Å². The Balaban J connectivity index is 4.80. The van der Waals surface area contributed by atoms with Crippen molar-refractivity contribution in [3.63, 3.8) is 0 Å². The zero-order valence-electron chi connectivity index (χ0n) is 15.2. The average molecular weight is 369 g/mol. The molecular formula is C12H36N2O3Si4. The maximum Gasteiger partial charge on any atom is 0.316 e. The third-order valence-electron chi connectivity index (χ3n) is 3.01. The van der Waals surface area contributed by atoms with Crippen molar-refractivity contribution < 1.29 is 12.3 Å². The summed E-state index contributed by atoms with van der Waals surface area (Å²) in [6, 6.07) is 0.996. The summed E-state index contributed by atoms with van der Waals surface area (Å²) in [5, 5.41) is 3.38. The molecule has 128 valence electrons. The van der Waals surface area contributed by atoms with Gasteiger partial charge in [0, 0.05) is 13.1 Å². The lowest BCUT2D eigenvalue weighted by Crippen LogP contribution is -2.55. The molecule has 0 heterocycles. The Morgan fingerprint density at radius 1 is 1.10 bits per heavy atom. The van der Waals surface area contributed by atoms with Crippen molar-refractivity contribution in [3.05, 3.63) is 0 Å². The van der Waals surface area contributed by atoms with Crippen LogP contribution in [0.2, 0.25) is 45.3 Å². The summed E-state index contributed by atoms with van der Waals surface area (Å²) >= 11 is 0. The van der Waals surface area contributed by atoms with Crippen LogP contribution >= 0.6 is 0 Å². The van der Waals surface area contributed by atoms with E-state index in [0.29, 0.717) is 12.5 Å². The Hall–Kier alpha value is 0.668. The Bertz CT molecular complexity index is 303. The van der Waals surface area contributed by atoms with E-state index in [2.05, 4.69) is 51.5 Å². The van der Waals surface area contributed by atoms with Crippen molar-refractivity contribution in [1.29, 1.82) is 0 Å². The van der Waals surface area contributed by atoms with E-state index in [4.69, 9.17) is 18.1 Å². The molecule has 0 aliphatic rings. The molecule has 0 radical (unpaired) electrons. The minimum Gasteiger partial charge on any atom is -0.445 e. The van der Waals surface area contributed by atoms with E-state index >= 15 is 0 Å². The molecule has 9 heteroatoms. The lowest BCUT2D eigenvalue weighted by molar-refractivity contribution is 0.323. The smallest absolute Gasteiger partial charge is 0.316 e. The summed E-state index contributed by atoms with van der Waals surface area (Å²) in [4.78, 5) is 0. The number of nitrogens with two attached hydrogens (primary N) is 1. The van der Waals surface area contributed by atoms with Crippen LogP contribution in [-0.4, -0.2) is 55.6 Å². The second-order valence-electron chi connectivity index (χ2n) is 7.36. The predicted octanol–water partition coefficient (Wildman–Crippen LogP) is 1.11. The first-order valence-electron chi connectivity index (χ1n) is 7.79. The van der Waals surface area contributed by atoms with Gasteiger partial charge in [0.2, 0.25) is 0 Å². The highest BCUT2D eigenvalue weighted by Crippen LogP contribution is 2.27. The van der Waals surface area contributed by atoms with Gasteiger partial charge in [-0.2, -0.15) is 0 Å². The molecule has 3 N–H and O–H groups in total. The number of rotatable bonds is 11. The standard InChI is InChI=1S/C12H36N2O3Si4/c1-12(10-14-9-8-13)11-21(7,16-19(2,3)4)17-20(5,6)15-18/h12,14H,8-11,13H2,1-7,18H3. The molecule has 2 unspecified atom stereocenters. The number of hydrogen-bond donors (Lipinski definition) is 2. The number of hydrogen-bond acceptors (Lipinski definition) is 5. The SMILES string of the molecule is CC(CNCCN)C[Si](C)(O[Si](C)(C)C)O[Si](C)(C)O[SiH3]. The molecule has 0 aliphatic carbocycles. The molecule has 0 amide bonds. The topological polar surface area (TPSA) is 65.7 Å². The van der Waals surface area contributed by atoms with Gasteiger partial charge in [-0.05, 0) is 57.8 Å². The van der Waals surface area contributed by atoms with E-state index in [0.717, 1.165) is 29.6 Å². The van der Waals surface area contributed by atoms with Crippen molar-refractivity contribution in [2.75, 3.05) is 19.6 Å². The second kappa shape index (κ2) is 9.08. The minimum atomic E-state index is -2.22. The average Bonchev–Trinajstić information content (AvgIpc) is 2.25. The van der Waals surface area contributed by atoms with Crippen LogP contribution in [0, 0.1) is 5.92 Å². The third kappa shape index (κ3) is 10.9. The van der Waals surface area contributed by atoms with Gasteiger partial charge in [-0.25, -0.2) is 0 Å². The Labute approximate surface area is 137 Å². The molecule has 0 aromatic heterocycles. The van der Waals surface area contributed by atoms with Crippen LogP contribution in [0.4, 0.5) is 0 Å². The van der Waals surface area contributed by atoms with Gasteiger partial charge in [-0.15, -0.1) is 0 Å². The molecule has 0 spiro atoms. The van der Waals surface area contributed by atoms with E-state index < -0.39 is 25.4 Å². The molecular weight excluding hydrogens is 332 g/mol. The fourth-order valence-electron chi connectivity index (χ4n) is 2.47. The molecule has 0 saturated carbocycles. The van der Waals surface area contributed by atoms with Crippen molar-refractivity contribution >= 4 is 35.9 Å². The quantitative estimate of drug-likeness (QED) is 0.422. The maximum absolute atomic E-state index is 6.51. The van der Waals surface area contributed by atoms with Gasteiger partial charge in [-0.3, -0.25) is 0 Å². The van der Waals surface area contributed by atoms with Crippen LogP contribution in [0.3, 0.4) is 0 Å². The third-order valence-corrected chi connectivity index (χ3v) is 16.2. The van der Waals surface area contributed by atoms with Crippen molar-refractivity contribution in [2.45, 2.75) is 52.2 Å². The maximum atomic E-state index is 6.51. The molecule has 5 nitrogen and oxygen atoms in total. The highest BCUT2D eigenvalue weighted by Gasteiger charge is 2.43. The summed E-state index contributed by atoms with van der Waals surface area (Å²) in [6.45, 7) is 17.9. The van der Waals surface area contributed by atoms with E-state index in [9.17, 15) is 0 Å². The van der Waals surface area contributed by atoms with E-state index in [-0.39, 0.29) is 0 Å². The van der Waals surface area contributed by atoms with E-state index in [1.807, 2.05) is 0 Å². The van der Waals surface area contributed by atoms with Gasteiger partial charge in [0.1, 0.15) is 10.5 Å². The predicted molar refractivity (Wildman–Crippen MR) is 102 cm³/mol. The first-order valence-corrected chi connectivity index (χ1v) is 17.4. The van der Waals surface area contributed by atoms with Gasteiger partial charge in [0.15, 0.2) is 8.32 Å². The monoisotopic (exact) mass is 368 g/mol. The molecule has 21 heavy (non-hydrogen) atoms. The van der Waals surface area contributed by atoms with Gasteiger partial charge in [0.25, 0.3) is 0 Å². The minimum absolute atomic E-state index is 0.517. The van der Waals surface area contributed by atoms with Gasteiger partial charge < -0.3 is 23.4 Å². The highest BCUT2D eigenvalue weighted by molar-refractivity contribution is 6.87. The molecule has 0 aromatic rings. The lowest BCUT2D eigenvalue weighted by Gasteiger charge is -2.40. The fraction of sp³-hybridized carbons (Fsp3) is 1.00. The molecule has 0 rings (SSSR count). The van der Waals surface area contributed by atoms with Crippen molar-refractivity contribution in [2.24, 2.45) is 11.7 Å². The van der Waals surface area contributed by atoms with Crippen molar-refractivity contribution in [1.82, 2.24) is 5.32 Å². The summed E-state index contributed by atoms with van der Waals surface area (Å²) in [5.74, 6) is 0.517. The summed E-state index contributed by atoms with van der Waals surface area (Å²) in [6.07, 6.45) is 0. The summed E-state index contributed by atoms with van der Waals surface area (Å²) in [5.41, 5.74) is 5.52. The lowest BCUT2D eigenvalue weighted by atomic mass is 10.2. The molecule has 2 atom stereocenters. The van der Waals surface area contributed by atoms with Crippen LogP contribution in [0.5, 0.6) is 0 Å².